The molecule has 1 N–H and O–H groups in total. The summed E-state index contributed by atoms with van der Waals surface area (Å²) in [6, 6.07) is 5.98. The summed E-state index contributed by atoms with van der Waals surface area (Å²) in [7, 11) is 0. The maximum atomic E-state index is 12.9. The van der Waals surface area contributed by atoms with Gasteiger partial charge in [0.1, 0.15) is 11.6 Å². The Morgan fingerprint density at radius 3 is 2.95 bits per heavy atom. The topological polar surface area (TPSA) is 55.1 Å². The number of aromatic nitrogens is 1. The Hall–Kier alpha value is -1.53. The molecule has 0 saturated carbocycles. The second-order valence-corrected chi connectivity index (χ2v) is 5.92. The van der Waals surface area contributed by atoms with Crippen LogP contribution in [0.1, 0.15) is 17.7 Å². The minimum absolute atomic E-state index is 0.124. The SMILES string of the molecule is Cc1cc(NC(=O)CCSCc2ccc(F)cc2Cl)no1. The normalized spacial score (nSPS) is 10.6. The maximum absolute atomic E-state index is 12.9. The minimum atomic E-state index is -0.351. The first-order valence-corrected chi connectivity index (χ1v) is 7.82. The standard InChI is InChI=1S/C14H14ClFN2O2S/c1-9-6-13(18-20-9)17-14(19)4-5-21-8-10-2-3-11(16)7-12(10)15/h2-3,6-7H,4-5,8H2,1H3,(H,17,18,19). The zero-order valence-corrected chi connectivity index (χ0v) is 12.9. The first-order chi connectivity index (χ1) is 10.0. The van der Waals surface area contributed by atoms with Crippen LogP contribution in [0, 0.1) is 12.7 Å². The van der Waals surface area contributed by atoms with E-state index in [0.29, 0.717) is 34.5 Å². The zero-order chi connectivity index (χ0) is 15.2. The summed E-state index contributed by atoms with van der Waals surface area (Å²) in [4.78, 5) is 11.7. The summed E-state index contributed by atoms with van der Waals surface area (Å²) in [5.74, 6) is 1.86. The molecule has 0 fully saturated rings. The maximum Gasteiger partial charge on any atom is 0.226 e. The van der Waals surface area contributed by atoms with Crippen LogP contribution in [0.3, 0.4) is 0 Å². The van der Waals surface area contributed by atoms with Gasteiger partial charge in [-0.25, -0.2) is 4.39 Å². The van der Waals surface area contributed by atoms with Crippen molar-refractivity contribution in [2.24, 2.45) is 0 Å². The fourth-order valence-electron chi connectivity index (χ4n) is 1.62. The average Bonchev–Trinajstić information content (AvgIpc) is 2.82. The Morgan fingerprint density at radius 1 is 1.48 bits per heavy atom. The second kappa shape index (κ2) is 7.47. The number of hydrogen-bond donors (Lipinski definition) is 1. The van der Waals surface area contributed by atoms with Crippen LogP contribution >= 0.6 is 23.4 Å². The lowest BCUT2D eigenvalue weighted by atomic mass is 10.2. The number of nitrogens with one attached hydrogen (secondary N) is 1. The van der Waals surface area contributed by atoms with Gasteiger partial charge in [0.25, 0.3) is 0 Å². The predicted molar refractivity (Wildman–Crippen MR) is 82.1 cm³/mol. The number of carbonyl (C=O) groups excluding carboxylic acids is 1. The summed E-state index contributed by atoms with van der Waals surface area (Å²) in [5, 5.41) is 6.74. The van der Waals surface area contributed by atoms with Gasteiger partial charge in [-0.3, -0.25) is 4.79 Å². The van der Waals surface area contributed by atoms with Gasteiger partial charge in [-0.15, -0.1) is 0 Å². The Balaban J connectivity index is 1.70. The van der Waals surface area contributed by atoms with Gasteiger partial charge >= 0.3 is 0 Å². The number of hydrogen-bond acceptors (Lipinski definition) is 4. The highest BCUT2D eigenvalue weighted by molar-refractivity contribution is 7.98. The molecule has 21 heavy (non-hydrogen) atoms. The van der Waals surface area contributed by atoms with E-state index in [0.717, 1.165) is 5.56 Å². The zero-order valence-electron chi connectivity index (χ0n) is 11.4. The number of amides is 1. The Bertz CT molecular complexity index is 633. The number of halogens is 2. The van der Waals surface area contributed by atoms with Crippen LogP contribution in [-0.4, -0.2) is 16.8 Å². The van der Waals surface area contributed by atoms with E-state index >= 15 is 0 Å². The molecular weight excluding hydrogens is 315 g/mol. The van der Waals surface area contributed by atoms with E-state index in [1.807, 2.05) is 0 Å². The van der Waals surface area contributed by atoms with Crippen molar-refractivity contribution in [3.05, 3.63) is 46.4 Å². The fourth-order valence-corrected chi connectivity index (χ4v) is 2.88. The molecule has 0 unspecified atom stereocenters. The highest BCUT2D eigenvalue weighted by Gasteiger charge is 2.07. The number of anilines is 1. The highest BCUT2D eigenvalue weighted by atomic mass is 35.5. The van der Waals surface area contributed by atoms with Crippen molar-refractivity contribution in [1.29, 1.82) is 0 Å². The molecule has 0 bridgehead atoms. The van der Waals surface area contributed by atoms with Crippen molar-refractivity contribution in [3.8, 4) is 0 Å². The lowest BCUT2D eigenvalue weighted by Crippen LogP contribution is -2.12. The number of nitrogens with zero attached hydrogens (tertiary/aromatic N) is 1. The monoisotopic (exact) mass is 328 g/mol. The number of benzene rings is 1. The van der Waals surface area contributed by atoms with Gasteiger partial charge in [0.2, 0.25) is 5.91 Å². The molecule has 0 aliphatic carbocycles. The Kier molecular flexibility index (Phi) is 5.64. The molecule has 1 aromatic heterocycles. The molecule has 7 heteroatoms. The van der Waals surface area contributed by atoms with Crippen molar-refractivity contribution in [2.75, 3.05) is 11.1 Å². The molecule has 0 radical (unpaired) electrons. The molecule has 112 valence electrons. The molecule has 0 atom stereocenters. The smallest absolute Gasteiger partial charge is 0.226 e. The van der Waals surface area contributed by atoms with Crippen LogP contribution in [0.25, 0.3) is 0 Å². The van der Waals surface area contributed by atoms with Crippen LogP contribution < -0.4 is 5.32 Å². The van der Waals surface area contributed by atoms with Gasteiger partial charge in [0.15, 0.2) is 5.82 Å². The molecule has 0 aliphatic heterocycles. The molecule has 1 heterocycles. The van der Waals surface area contributed by atoms with Crippen molar-refractivity contribution < 1.29 is 13.7 Å². The lowest BCUT2D eigenvalue weighted by Gasteiger charge is -2.04. The van der Waals surface area contributed by atoms with Crippen LogP contribution in [0.4, 0.5) is 10.2 Å². The second-order valence-electron chi connectivity index (χ2n) is 4.41. The molecule has 0 aliphatic rings. The average molecular weight is 329 g/mol. The third-order valence-corrected chi connectivity index (χ3v) is 4.00. The Labute approximate surface area is 131 Å². The molecule has 1 amide bonds. The number of carbonyl (C=O) groups is 1. The van der Waals surface area contributed by atoms with Gasteiger partial charge < -0.3 is 9.84 Å². The van der Waals surface area contributed by atoms with E-state index in [1.54, 1.807) is 30.8 Å². The minimum Gasteiger partial charge on any atom is -0.360 e. The lowest BCUT2D eigenvalue weighted by molar-refractivity contribution is -0.115. The van der Waals surface area contributed by atoms with Gasteiger partial charge in [-0.2, -0.15) is 11.8 Å². The molecular formula is C14H14ClFN2O2S. The first kappa shape index (κ1) is 15.9. The van der Waals surface area contributed by atoms with E-state index in [1.165, 1.54) is 12.1 Å². The summed E-state index contributed by atoms with van der Waals surface area (Å²) in [6.45, 7) is 1.75. The highest BCUT2D eigenvalue weighted by Crippen LogP contribution is 2.22. The summed E-state index contributed by atoms with van der Waals surface area (Å²) in [5.41, 5.74) is 0.857. The molecule has 0 saturated heterocycles. The molecule has 2 rings (SSSR count). The van der Waals surface area contributed by atoms with Crippen molar-refractivity contribution >= 4 is 35.1 Å². The van der Waals surface area contributed by atoms with Crippen molar-refractivity contribution in [2.45, 2.75) is 19.1 Å². The predicted octanol–water partition coefficient (Wildman–Crippen LogP) is 4.04. The van der Waals surface area contributed by atoms with E-state index in [4.69, 9.17) is 16.1 Å². The third-order valence-electron chi connectivity index (χ3n) is 2.64. The summed E-state index contributed by atoms with van der Waals surface area (Å²) >= 11 is 7.49. The molecule has 1 aromatic carbocycles. The molecule has 4 nitrogen and oxygen atoms in total. The molecule has 0 spiro atoms. The number of thioether (sulfide) groups is 1. The van der Waals surface area contributed by atoms with Crippen molar-refractivity contribution in [1.82, 2.24) is 5.16 Å². The fraction of sp³-hybridized carbons (Fsp3) is 0.286. The first-order valence-electron chi connectivity index (χ1n) is 6.29. The number of aryl methyl sites for hydroxylation is 1. The van der Waals surface area contributed by atoms with Gasteiger partial charge in [-0.1, -0.05) is 22.8 Å². The van der Waals surface area contributed by atoms with Crippen molar-refractivity contribution in [3.63, 3.8) is 0 Å². The third kappa shape index (κ3) is 5.06. The molecule has 2 aromatic rings. The quantitative estimate of drug-likeness (QED) is 0.813. The van der Waals surface area contributed by atoms with E-state index in [-0.39, 0.29) is 11.7 Å². The summed E-state index contributed by atoms with van der Waals surface area (Å²) in [6.07, 6.45) is 0.357. The largest absolute Gasteiger partial charge is 0.360 e. The van der Waals surface area contributed by atoms with Crippen LogP contribution in [0.2, 0.25) is 5.02 Å². The number of rotatable bonds is 6. The van der Waals surface area contributed by atoms with Crippen LogP contribution in [0.5, 0.6) is 0 Å². The van der Waals surface area contributed by atoms with Gasteiger partial charge in [0.05, 0.1) is 0 Å². The van der Waals surface area contributed by atoms with Crippen LogP contribution in [-0.2, 0) is 10.5 Å². The summed E-state index contributed by atoms with van der Waals surface area (Å²) < 4.78 is 17.7. The Morgan fingerprint density at radius 2 is 2.29 bits per heavy atom. The van der Waals surface area contributed by atoms with E-state index < -0.39 is 0 Å². The van der Waals surface area contributed by atoms with Crippen LogP contribution in [0.15, 0.2) is 28.8 Å². The van der Waals surface area contributed by atoms with E-state index in [9.17, 15) is 9.18 Å². The van der Waals surface area contributed by atoms with E-state index in [2.05, 4.69) is 10.5 Å². The van der Waals surface area contributed by atoms with Gasteiger partial charge in [0, 0.05) is 29.0 Å². The van der Waals surface area contributed by atoms with Gasteiger partial charge in [-0.05, 0) is 24.6 Å².